The van der Waals surface area contributed by atoms with Crippen LogP contribution in [0.3, 0.4) is 0 Å². The van der Waals surface area contributed by atoms with Crippen molar-refractivity contribution in [2.75, 3.05) is 12.3 Å². The van der Waals surface area contributed by atoms with Gasteiger partial charge in [0.15, 0.2) is 0 Å². The largest absolute Gasteiger partial charge is 0.380 e. The Bertz CT molecular complexity index is 811. The summed E-state index contributed by atoms with van der Waals surface area (Å²) in [6.07, 6.45) is 2.27. The van der Waals surface area contributed by atoms with E-state index in [2.05, 4.69) is 10.2 Å². The second kappa shape index (κ2) is 6.66. The molecule has 3 rings (SSSR count). The highest BCUT2D eigenvalue weighted by Crippen LogP contribution is 2.24. The molecule has 1 aliphatic rings. The van der Waals surface area contributed by atoms with E-state index >= 15 is 0 Å². The Labute approximate surface area is 141 Å². The van der Waals surface area contributed by atoms with Crippen LogP contribution in [0.4, 0.5) is 0 Å². The molecule has 1 N–H and O–H groups in total. The zero-order valence-electron chi connectivity index (χ0n) is 14.0. The van der Waals surface area contributed by atoms with Crippen molar-refractivity contribution in [3.8, 4) is 0 Å². The van der Waals surface area contributed by atoms with Crippen LogP contribution in [0.1, 0.15) is 43.0 Å². The molecule has 0 aliphatic carbocycles. The van der Waals surface area contributed by atoms with Gasteiger partial charge in [-0.25, -0.2) is 8.42 Å². The van der Waals surface area contributed by atoms with Gasteiger partial charge in [0.05, 0.1) is 35.9 Å². The number of aliphatic hydroxyl groups excluding tert-OH is 1. The van der Waals surface area contributed by atoms with Crippen LogP contribution < -0.4 is 0 Å². The monoisotopic (exact) mass is 353 g/mol. The molecule has 2 aromatic heterocycles. The molecule has 0 spiro atoms. The standard InChI is InChI=1S/C15H23N5O3S/c1-3-4-9-24(22,23)19-7-8-20-12(11-19)10-13(17-20)15(21)14-5-6-16-18(14)2/h5-6,10,15,21H,3-4,7-9,11H2,1-2H3. The van der Waals surface area contributed by atoms with Gasteiger partial charge in [0, 0.05) is 19.8 Å². The fourth-order valence-electron chi connectivity index (χ4n) is 2.90. The highest BCUT2D eigenvalue weighted by atomic mass is 32.2. The van der Waals surface area contributed by atoms with Crippen molar-refractivity contribution in [2.24, 2.45) is 7.05 Å². The first-order valence-corrected chi connectivity index (χ1v) is 9.73. The van der Waals surface area contributed by atoms with Crippen LogP contribution in [0, 0.1) is 0 Å². The molecule has 0 saturated carbocycles. The van der Waals surface area contributed by atoms with E-state index < -0.39 is 16.1 Å². The fourth-order valence-corrected chi connectivity index (χ4v) is 4.50. The maximum absolute atomic E-state index is 12.4. The molecule has 0 saturated heterocycles. The Kier molecular flexibility index (Phi) is 4.75. The Morgan fingerprint density at radius 1 is 1.38 bits per heavy atom. The minimum Gasteiger partial charge on any atom is -0.380 e. The average Bonchev–Trinajstić information content (AvgIpc) is 3.17. The minimum atomic E-state index is -3.23. The molecule has 1 aliphatic heterocycles. The number of aromatic nitrogens is 4. The summed E-state index contributed by atoms with van der Waals surface area (Å²) in [6, 6.07) is 3.52. The predicted molar refractivity (Wildman–Crippen MR) is 88.6 cm³/mol. The fraction of sp³-hybridized carbons (Fsp3) is 0.600. The van der Waals surface area contributed by atoms with Crippen molar-refractivity contribution >= 4 is 10.0 Å². The molecule has 8 nitrogen and oxygen atoms in total. The van der Waals surface area contributed by atoms with Gasteiger partial charge in [0.1, 0.15) is 6.10 Å². The van der Waals surface area contributed by atoms with Crippen LogP contribution >= 0.6 is 0 Å². The lowest BCUT2D eigenvalue weighted by molar-refractivity contribution is 0.203. The first-order valence-electron chi connectivity index (χ1n) is 8.13. The third kappa shape index (κ3) is 3.24. The predicted octanol–water partition coefficient (Wildman–Crippen LogP) is 0.644. The molecule has 0 bridgehead atoms. The van der Waals surface area contributed by atoms with E-state index in [0.717, 1.165) is 12.1 Å². The number of unbranched alkanes of at least 4 members (excludes halogenated alkanes) is 1. The lowest BCUT2D eigenvalue weighted by atomic mass is 10.2. The Morgan fingerprint density at radius 2 is 2.17 bits per heavy atom. The van der Waals surface area contributed by atoms with Crippen molar-refractivity contribution in [3.63, 3.8) is 0 Å². The number of rotatable bonds is 6. The lowest BCUT2D eigenvalue weighted by Crippen LogP contribution is -2.39. The van der Waals surface area contributed by atoms with Crippen molar-refractivity contribution in [3.05, 3.63) is 35.4 Å². The molecule has 1 unspecified atom stereocenters. The summed E-state index contributed by atoms with van der Waals surface area (Å²) in [4.78, 5) is 0. The van der Waals surface area contributed by atoms with Crippen LogP contribution in [0.2, 0.25) is 0 Å². The normalized spacial score (nSPS) is 17.0. The SMILES string of the molecule is CCCCS(=O)(=O)N1CCn2nc(C(O)c3ccnn3C)cc2C1. The number of hydrogen-bond donors (Lipinski definition) is 1. The summed E-state index contributed by atoms with van der Waals surface area (Å²) in [7, 11) is -1.47. The molecule has 24 heavy (non-hydrogen) atoms. The van der Waals surface area contributed by atoms with Gasteiger partial charge >= 0.3 is 0 Å². The van der Waals surface area contributed by atoms with Crippen molar-refractivity contribution in [2.45, 2.75) is 39.0 Å². The van der Waals surface area contributed by atoms with E-state index in [-0.39, 0.29) is 5.75 Å². The Balaban J connectivity index is 1.79. The Morgan fingerprint density at radius 3 is 2.83 bits per heavy atom. The first kappa shape index (κ1) is 17.1. The van der Waals surface area contributed by atoms with Gasteiger partial charge in [-0.2, -0.15) is 14.5 Å². The second-order valence-corrected chi connectivity index (χ2v) is 8.16. The summed E-state index contributed by atoms with van der Waals surface area (Å²) < 4.78 is 29.6. The van der Waals surface area contributed by atoms with Crippen LogP contribution in [0.25, 0.3) is 0 Å². The highest BCUT2D eigenvalue weighted by Gasteiger charge is 2.28. The summed E-state index contributed by atoms with van der Waals surface area (Å²) in [6.45, 7) is 3.20. The molecule has 0 amide bonds. The van der Waals surface area contributed by atoms with E-state index in [1.54, 1.807) is 34.7 Å². The number of aryl methyl sites for hydroxylation is 1. The number of fused-ring (bicyclic) bond motifs is 1. The summed E-state index contributed by atoms with van der Waals surface area (Å²) in [5, 5.41) is 19.0. The number of nitrogens with zero attached hydrogens (tertiary/aromatic N) is 5. The van der Waals surface area contributed by atoms with Crippen LogP contribution in [0.15, 0.2) is 18.3 Å². The molecule has 0 radical (unpaired) electrons. The molecule has 9 heteroatoms. The van der Waals surface area contributed by atoms with Gasteiger partial charge in [-0.15, -0.1) is 0 Å². The number of aliphatic hydroxyl groups is 1. The van der Waals surface area contributed by atoms with Crippen molar-refractivity contribution in [1.82, 2.24) is 23.9 Å². The Hall–Kier alpha value is -1.71. The van der Waals surface area contributed by atoms with Gasteiger partial charge in [-0.3, -0.25) is 9.36 Å². The zero-order chi connectivity index (χ0) is 17.3. The van der Waals surface area contributed by atoms with E-state index in [4.69, 9.17) is 0 Å². The van der Waals surface area contributed by atoms with E-state index in [9.17, 15) is 13.5 Å². The number of sulfonamides is 1. The minimum absolute atomic E-state index is 0.183. The van der Waals surface area contributed by atoms with E-state index in [1.807, 2.05) is 6.92 Å². The van der Waals surface area contributed by atoms with Gasteiger partial charge in [0.25, 0.3) is 0 Å². The van der Waals surface area contributed by atoms with Crippen LogP contribution in [-0.4, -0.2) is 49.7 Å². The maximum atomic E-state index is 12.4. The summed E-state index contributed by atoms with van der Waals surface area (Å²) in [5.74, 6) is 0.183. The maximum Gasteiger partial charge on any atom is 0.214 e. The molecule has 0 aromatic carbocycles. The molecular weight excluding hydrogens is 330 g/mol. The van der Waals surface area contributed by atoms with Gasteiger partial charge in [-0.1, -0.05) is 13.3 Å². The van der Waals surface area contributed by atoms with Gasteiger partial charge < -0.3 is 5.11 Å². The molecule has 2 aromatic rings. The average molecular weight is 353 g/mol. The van der Waals surface area contributed by atoms with Crippen LogP contribution in [-0.2, 0) is 30.2 Å². The topological polar surface area (TPSA) is 93.2 Å². The number of hydrogen-bond acceptors (Lipinski definition) is 5. The van der Waals surface area contributed by atoms with Crippen LogP contribution in [0.5, 0.6) is 0 Å². The van der Waals surface area contributed by atoms with Crippen molar-refractivity contribution in [1.29, 1.82) is 0 Å². The molecule has 3 heterocycles. The smallest absolute Gasteiger partial charge is 0.214 e. The summed E-state index contributed by atoms with van der Waals surface area (Å²) >= 11 is 0. The highest BCUT2D eigenvalue weighted by molar-refractivity contribution is 7.89. The van der Waals surface area contributed by atoms with Gasteiger partial charge in [0.2, 0.25) is 10.0 Å². The zero-order valence-corrected chi connectivity index (χ0v) is 14.8. The lowest BCUT2D eigenvalue weighted by Gasteiger charge is -2.26. The third-order valence-electron chi connectivity index (χ3n) is 4.35. The van der Waals surface area contributed by atoms with E-state index in [0.29, 0.717) is 37.4 Å². The molecule has 132 valence electrons. The summed E-state index contributed by atoms with van der Waals surface area (Å²) in [5.41, 5.74) is 1.97. The molecule has 1 atom stereocenters. The quantitative estimate of drug-likeness (QED) is 0.823. The molecular formula is C15H23N5O3S. The van der Waals surface area contributed by atoms with Gasteiger partial charge in [-0.05, 0) is 18.6 Å². The third-order valence-corrected chi connectivity index (χ3v) is 6.25. The van der Waals surface area contributed by atoms with Crippen molar-refractivity contribution < 1.29 is 13.5 Å². The molecule has 0 fully saturated rings. The van der Waals surface area contributed by atoms with E-state index in [1.165, 1.54) is 4.31 Å². The second-order valence-electron chi connectivity index (χ2n) is 6.07. The first-order chi connectivity index (χ1) is 11.4.